The molecule has 0 aromatic heterocycles. The van der Waals surface area contributed by atoms with Crippen molar-refractivity contribution in [2.45, 2.75) is 51.0 Å². The lowest BCUT2D eigenvalue weighted by atomic mass is 10.1. The fourth-order valence-electron chi connectivity index (χ4n) is 1.62. The summed E-state index contributed by atoms with van der Waals surface area (Å²) < 4.78 is 0. The maximum atomic E-state index is 11.4. The Morgan fingerprint density at radius 2 is 1.67 bits per heavy atom. The first-order chi connectivity index (χ1) is 8.61. The molecule has 0 radical (unpaired) electrons. The summed E-state index contributed by atoms with van der Waals surface area (Å²) in [5.74, 6) is -1.47. The Labute approximate surface area is 114 Å². The Morgan fingerprint density at radius 1 is 1.11 bits per heavy atom. The number of quaternary nitrogens is 1. The summed E-state index contributed by atoms with van der Waals surface area (Å²) in [6.45, 7) is 0.983. The van der Waals surface area contributed by atoms with E-state index in [1.54, 1.807) is 0 Å². The first-order valence-electron chi connectivity index (χ1n) is 6.52. The summed E-state index contributed by atoms with van der Waals surface area (Å²) in [5.41, 5.74) is 3.78. The van der Waals surface area contributed by atoms with Crippen LogP contribution in [-0.2, 0) is 9.59 Å². The number of unbranched alkanes of at least 4 members (excludes halogenated alkanes) is 5. The summed E-state index contributed by atoms with van der Waals surface area (Å²) in [7, 11) is 0. The zero-order valence-corrected chi connectivity index (χ0v) is 11.7. The molecular weight excluding hydrogens is 252 g/mol. The molecule has 0 saturated carbocycles. The zero-order valence-electron chi connectivity index (χ0n) is 10.8. The van der Waals surface area contributed by atoms with E-state index in [2.05, 4.69) is 23.7 Å². The van der Waals surface area contributed by atoms with Crippen LogP contribution in [0.5, 0.6) is 0 Å². The molecule has 18 heavy (non-hydrogen) atoms. The van der Waals surface area contributed by atoms with E-state index in [1.165, 1.54) is 12.8 Å². The molecule has 0 aromatic carbocycles. The first kappa shape index (κ1) is 17.2. The van der Waals surface area contributed by atoms with Gasteiger partial charge in [0.15, 0.2) is 0 Å². The van der Waals surface area contributed by atoms with E-state index in [0.717, 1.165) is 32.2 Å². The third kappa shape index (κ3) is 9.30. The Morgan fingerprint density at radius 3 is 2.17 bits per heavy atom. The van der Waals surface area contributed by atoms with E-state index in [-0.39, 0.29) is 11.7 Å². The molecule has 0 aromatic rings. The van der Waals surface area contributed by atoms with Crippen molar-refractivity contribution in [3.8, 4) is 0 Å². The van der Waals surface area contributed by atoms with Gasteiger partial charge in [0.05, 0.1) is 18.6 Å². The molecule has 0 aliphatic rings. The van der Waals surface area contributed by atoms with E-state index in [4.69, 9.17) is 0 Å². The predicted molar refractivity (Wildman–Crippen MR) is 70.9 cm³/mol. The van der Waals surface area contributed by atoms with Crippen molar-refractivity contribution in [1.29, 1.82) is 0 Å². The lowest BCUT2D eigenvalue weighted by Crippen LogP contribution is -2.50. The number of carboxylic acid groups (broad SMARTS) is 1. The number of hydrogen-bond acceptors (Lipinski definition) is 4. The number of nitrogens with one attached hydrogen (secondary N) is 1. The van der Waals surface area contributed by atoms with Gasteiger partial charge in [-0.15, -0.1) is 0 Å². The minimum atomic E-state index is -1.29. The van der Waals surface area contributed by atoms with Crippen molar-refractivity contribution >= 4 is 24.5 Å². The normalized spacial score (nSPS) is 12.1. The van der Waals surface area contributed by atoms with Crippen molar-refractivity contribution < 1.29 is 20.4 Å². The third-order valence-corrected chi connectivity index (χ3v) is 3.07. The fraction of sp³-hybridized carbons (Fsp3) is 0.833. The third-order valence-electron chi connectivity index (χ3n) is 2.71. The highest BCUT2D eigenvalue weighted by Crippen LogP contribution is 2.06. The summed E-state index contributed by atoms with van der Waals surface area (Å²) in [5, 5.41) is 13.0. The molecule has 0 spiro atoms. The van der Waals surface area contributed by atoms with Crippen LogP contribution in [0.3, 0.4) is 0 Å². The number of rotatable bonds is 11. The number of carbonyl (C=O) groups excluding carboxylic acids is 2. The van der Waals surface area contributed by atoms with E-state index < -0.39 is 12.0 Å². The number of thiol groups is 1. The maximum Gasteiger partial charge on any atom is 0.220 e. The molecule has 6 heteroatoms. The van der Waals surface area contributed by atoms with Gasteiger partial charge in [0, 0.05) is 12.2 Å². The van der Waals surface area contributed by atoms with Gasteiger partial charge in [0.25, 0.3) is 0 Å². The molecule has 0 bridgehead atoms. The van der Waals surface area contributed by atoms with Gasteiger partial charge in [0.2, 0.25) is 5.91 Å². The van der Waals surface area contributed by atoms with Gasteiger partial charge in [-0.1, -0.05) is 19.3 Å². The van der Waals surface area contributed by atoms with Gasteiger partial charge in [-0.2, -0.15) is 12.6 Å². The fourth-order valence-corrected chi connectivity index (χ4v) is 1.86. The van der Waals surface area contributed by atoms with E-state index in [0.29, 0.717) is 6.42 Å². The largest absolute Gasteiger partial charge is 0.548 e. The number of aliphatic carboxylic acids is 1. The van der Waals surface area contributed by atoms with Crippen LogP contribution in [0.1, 0.15) is 44.9 Å². The lowest BCUT2D eigenvalue weighted by Gasteiger charge is -2.17. The molecule has 4 N–H and O–H groups in total. The second-order valence-corrected chi connectivity index (χ2v) is 4.71. The maximum absolute atomic E-state index is 11.4. The molecule has 0 aliphatic carbocycles. The highest BCUT2D eigenvalue weighted by atomic mass is 32.1. The molecule has 0 rings (SSSR count). The molecule has 1 atom stereocenters. The van der Waals surface area contributed by atoms with Crippen molar-refractivity contribution in [1.82, 2.24) is 5.32 Å². The van der Waals surface area contributed by atoms with Gasteiger partial charge >= 0.3 is 0 Å². The van der Waals surface area contributed by atoms with Crippen LogP contribution in [0, 0.1) is 0 Å². The Bertz CT molecular complexity index is 249. The molecule has 0 aliphatic heterocycles. The molecule has 1 amide bonds. The minimum absolute atomic E-state index is 0.0547. The number of carboxylic acids is 1. The summed E-state index contributed by atoms with van der Waals surface area (Å²) in [6, 6.07) is -0.988. The van der Waals surface area contributed by atoms with E-state index in [1.807, 2.05) is 0 Å². The first-order valence-corrected chi connectivity index (χ1v) is 7.15. The SMILES string of the molecule is [NH3+]CCCCCCCCC(=O)NC(CS)C(=O)[O-]. The van der Waals surface area contributed by atoms with Crippen molar-refractivity contribution in [3.05, 3.63) is 0 Å². The van der Waals surface area contributed by atoms with Crippen LogP contribution in [0.2, 0.25) is 0 Å². The topological polar surface area (TPSA) is 96.9 Å². The molecule has 5 nitrogen and oxygen atoms in total. The van der Waals surface area contributed by atoms with Gasteiger partial charge in [0.1, 0.15) is 0 Å². The Hall–Kier alpha value is -0.750. The summed E-state index contributed by atoms with van der Waals surface area (Å²) in [4.78, 5) is 22.0. The van der Waals surface area contributed by atoms with Gasteiger partial charge < -0.3 is 21.0 Å². The average molecular weight is 276 g/mol. The van der Waals surface area contributed by atoms with E-state index >= 15 is 0 Å². The number of amides is 1. The molecule has 0 fully saturated rings. The van der Waals surface area contributed by atoms with Crippen molar-refractivity contribution in [3.63, 3.8) is 0 Å². The van der Waals surface area contributed by atoms with Crippen molar-refractivity contribution in [2.75, 3.05) is 12.3 Å². The standard InChI is InChI=1S/C12H24N2O3S/c13-8-6-4-2-1-3-5-7-11(15)14-10(9-18)12(16)17/h10,18H,1-9,13H2,(H,14,15)(H,16,17). The van der Waals surface area contributed by atoms with Crippen LogP contribution in [0.15, 0.2) is 0 Å². The summed E-state index contributed by atoms with van der Waals surface area (Å²) in [6.07, 6.45) is 6.81. The van der Waals surface area contributed by atoms with Crippen molar-refractivity contribution in [2.24, 2.45) is 0 Å². The molecule has 1 unspecified atom stereocenters. The molecule has 0 saturated heterocycles. The smallest absolute Gasteiger partial charge is 0.220 e. The van der Waals surface area contributed by atoms with Gasteiger partial charge in [-0.25, -0.2) is 0 Å². The van der Waals surface area contributed by atoms with Crippen LogP contribution in [0.4, 0.5) is 0 Å². The number of carbonyl (C=O) groups is 2. The molecule has 0 heterocycles. The summed E-state index contributed by atoms with van der Waals surface area (Å²) >= 11 is 3.85. The Balaban J connectivity index is 3.50. The Kier molecular flexibility index (Phi) is 10.9. The average Bonchev–Trinajstić information content (AvgIpc) is 2.34. The highest BCUT2D eigenvalue weighted by molar-refractivity contribution is 7.80. The second-order valence-electron chi connectivity index (χ2n) is 4.35. The van der Waals surface area contributed by atoms with Crippen LogP contribution in [-0.4, -0.2) is 30.2 Å². The lowest BCUT2D eigenvalue weighted by molar-refractivity contribution is -0.368. The van der Waals surface area contributed by atoms with Crippen LogP contribution in [0.25, 0.3) is 0 Å². The quantitative estimate of drug-likeness (QED) is 0.338. The monoisotopic (exact) mass is 276 g/mol. The van der Waals surface area contributed by atoms with Gasteiger partial charge in [-0.3, -0.25) is 4.79 Å². The molecular formula is C12H24N2O3S. The van der Waals surface area contributed by atoms with E-state index in [9.17, 15) is 14.7 Å². The van der Waals surface area contributed by atoms with Crippen LogP contribution < -0.4 is 16.2 Å². The minimum Gasteiger partial charge on any atom is -0.548 e. The second kappa shape index (κ2) is 11.3. The predicted octanol–water partition coefficient (Wildman–Crippen LogP) is -0.876. The highest BCUT2D eigenvalue weighted by Gasteiger charge is 2.10. The number of hydrogen-bond donors (Lipinski definition) is 3. The zero-order chi connectivity index (χ0) is 13.8. The van der Waals surface area contributed by atoms with Crippen LogP contribution >= 0.6 is 12.6 Å². The molecule has 106 valence electrons. The van der Waals surface area contributed by atoms with Gasteiger partial charge in [-0.05, 0) is 19.3 Å².